The monoisotopic (exact) mass is 411 g/mol. The topological polar surface area (TPSA) is 96.9 Å². The molecule has 2 atom stereocenters. The normalized spacial score (nSPS) is 22.2. The molecule has 0 unspecified atom stereocenters. The molecular weight excluding hydrogens is 386 g/mol. The van der Waals surface area contributed by atoms with Gasteiger partial charge in [0, 0.05) is 31.9 Å². The van der Waals surface area contributed by atoms with Crippen molar-refractivity contribution in [3.8, 4) is 5.75 Å². The van der Waals surface area contributed by atoms with E-state index in [4.69, 9.17) is 9.15 Å². The Kier molecular flexibility index (Phi) is 5.36. The van der Waals surface area contributed by atoms with Gasteiger partial charge in [0.25, 0.3) is 0 Å². The standard InChI is InChI=1S/C22H25N3O5/c1-22(28)14-25(11-10-19(22)29-16-6-4-3-5-7-16)13-20(26)23-15-8-9-17-18(12-15)30-21(27)24(17)2/h3-9,12,19,28H,10-11,13-14H2,1-2H3,(H,23,26)/t19-,22-/m0/s1. The van der Waals surface area contributed by atoms with Gasteiger partial charge in [-0.3, -0.25) is 14.3 Å². The molecule has 1 fully saturated rings. The molecule has 30 heavy (non-hydrogen) atoms. The van der Waals surface area contributed by atoms with Crippen LogP contribution < -0.4 is 15.8 Å². The van der Waals surface area contributed by atoms with Crippen molar-refractivity contribution in [1.82, 2.24) is 9.47 Å². The number of aromatic nitrogens is 1. The number of amides is 1. The maximum atomic E-state index is 12.5. The number of aliphatic hydroxyl groups is 1. The number of aryl methyl sites for hydroxylation is 1. The Morgan fingerprint density at radius 1 is 1.30 bits per heavy atom. The molecule has 0 aliphatic carbocycles. The number of ether oxygens (including phenoxy) is 1. The molecule has 3 aromatic rings. The third-order valence-corrected chi connectivity index (χ3v) is 5.41. The Morgan fingerprint density at radius 2 is 2.07 bits per heavy atom. The fraction of sp³-hybridized carbons (Fsp3) is 0.364. The predicted octanol–water partition coefficient (Wildman–Crippen LogP) is 1.97. The molecule has 158 valence electrons. The Morgan fingerprint density at radius 3 is 2.80 bits per heavy atom. The molecule has 1 aromatic heterocycles. The van der Waals surface area contributed by atoms with Crippen LogP contribution in [0.3, 0.4) is 0 Å². The number of hydrogen-bond donors (Lipinski definition) is 2. The van der Waals surface area contributed by atoms with Crippen LogP contribution in [0.15, 0.2) is 57.7 Å². The SMILES string of the molecule is Cn1c(=O)oc2cc(NC(=O)CN3CC[C@H](Oc4ccccc4)[C@@](C)(O)C3)ccc21. The number of β-amino-alcohol motifs (C(OH)–C–C–N with tert-alkyl or cyclic N) is 1. The van der Waals surface area contributed by atoms with Gasteiger partial charge in [-0.05, 0) is 37.6 Å². The van der Waals surface area contributed by atoms with Crippen LogP contribution in [-0.4, -0.2) is 51.8 Å². The molecule has 2 heterocycles. The Labute approximate surface area is 173 Å². The smallest absolute Gasteiger partial charge is 0.419 e. The largest absolute Gasteiger partial charge is 0.487 e. The lowest BCUT2D eigenvalue weighted by molar-refractivity contribution is -0.123. The van der Waals surface area contributed by atoms with Gasteiger partial charge in [0.2, 0.25) is 5.91 Å². The van der Waals surface area contributed by atoms with Crippen LogP contribution in [0.4, 0.5) is 5.69 Å². The van der Waals surface area contributed by atoms with E-state index in [1.807, 2.05) is 35.2 Å². The van der Waals surface area contributed by atoms with Crippen LogP contribution in [0, 0.1) is 0 Å². The quantitative estimate of drug-likeness (QED) is 0.666. The number of benzene rings is 2. The summed E-state index contributed by atoms with van der Waals surface area (Å²) in [5, 5.41) is 13.7. The number of carbonyl (C=O) groups is 1. The zero-order chi connectivity index (χ0) is 21.3. The molecule has 1 saturated heterocycles. The first-order valence-corrected chi connectivity index (χ1v) is 9.88. The number of nitrogens with one attached hydrogen (secondary N) is 1. The minimum absolute atomic E-state index is 0.144. The van der Waals surface area contributed by atoms with Gasteiger partial charge in [0.05, 0.1) is 12.1 Å². The number of fused-ring (bicyclic) bond motifs is 1. The van der Waals surface area contributed by atoms with Gasteiger partial charge < -0.3 is 19.6 Å². The van der Waals surface area contributed by atoms with E-state index in [-0.39, 0.29) is 18.6 Å². The third kappa shape index (κ3) is 4.24. The molecule has 8 nitrogen and oxygen atoms in total. The number of likely N-dealkylation sites (tertiary alicyclic amines) is 1. The second-order valence-corrected chi connectivity index (χ2v) is 7.93. The maximum absolute atomic E-state index is 12.5. The number of anilines is 1. The van der Waals surface area contributed by atoms with Gasteiger partial charge in [-0.25, -0.2) is 4.79 Å². The van der Waals surface area contributed by atoms with Crippen LogP contribution in [0.1, 0.15) is 13.3 Å². The van der Waals surface area contributed by atoms with Crippen molar-refractivity contribution in [3.05, 3.63) is 59.1 Å². The first-order valence-electron chi connectivity index (χ1n) is 9.88. The fourth-order valence-electron chi connectivity index (χ4n) is 3.84. The molecule has 0 radical (unpaired) electrons. The van der Waals surface area contributed by atoms with Crippen molar-refractivity contribution in [2.75, 3.05) is 25.0 Å². The second kappa shape index (κ2) is 7.97. The van der Waals surface area contributed by atoms with E-state index in [0.29, 0.717) is 36.3 Å². The van der Waals surface area contributed by atoms with E-state index >= 15 is 0 Å². The van der Waals surface area contributed by atoms with E-state index in [2.05, 4.69) is 5.32 Å². The van der Waals surface area contributed by atoms with E-state index < -0.39 is 11.4 Å². The summed E-state index contributed by atoms with van der Waals surface area (Å²) in [4.78, 5) is 26.0. The number of carbonyl (C=O) groups excluding carboxylic acids is 1. The Balaban J connectivity index is 1.35. The van der Waals surface area contributed by atoms with Crippen LogP contribution in [0.25, 0.3) is 11.1 Å². The lowest BCUT2D eigenvalue weighted by atomic mass is 9.91. The van der Waals surface area contributed by atoms with Gasteiger partial charge in [-0.15, -0.1) is 0 Å². The van der Waals surface area contributed by atoms with Crippen molar-refractivity contribution < 1.29 is 19.1 Å². The van der Waals surface area contributed by atoms with Gasteiger partial charge in [-0.1, -0.05) is 18.2 Å². The number of oxazole rings is 1. The van der Waals surface area contributed by atoms with E-state index in [9.17, 15) is 14.7 Å². The highest BCUT2D eigenvalue weighted by Gasteiger charge is 2.40. The summed E-state index contributed by atoms with van der Waals surface area (Å²) in [5.41, 5.74) is 0.549. The lowest BCUT2D eigenvalue weighted by Crippen LogP contribution is -2.58. The number of piperidine rings is 1. The van der Waals surface area contributed by atoms with Crippen LogP contribution in [0.5, 0.6) is 5.75 Å². The molecule has 8 heteroatoms. The molecule has 1 aliphatic rings. The molecule has 0 saturated carbocycles. The van der Waals surface area contributed by atoms with Gasteiger partial charge >= 0.3 is 5.76 Å². The fourth-order valence-corrected chi connectivity index (χ4v) is 3.84. The lowest BCUT2D eigenvalue weighted by Gasteiger charge is -2.42. The maximum Gasteiger partial charge on any atom is 0.419 e. The molecule has 1 aliphatic heterocycles. The van der Waals surface area contributed by atoms with E-state index in [1.54, 1.807) is 32.2 Å². The average Bonchev–Trinajstić information content (AvgIpc) is 2.97. The van der Waals surface area contributed by atoms with E-state index in [1.165, 1.54) is 4.57 Å². The van der Waals surface area contributed by atoms with Crippen molar-refractivity contribution in [2.45, 2.75) is 25.0 Å². The molecule has 0 spiro atoms. The second-order valence-electron chi connectivity index (χ2n) is 7.93. The first-order chi connectivity index (χ1) is 14.3. The van der Waals surface area contributed by atoms with Crippen LogP contribution >= 0.6 is 0 Å². The number of nitrogens with zero attached hydrogens (tertiary/aromatic N) is 2. The predicted molar refractivity (Wildman–Crippen MR) is 113 cm³/mol. The molecule has 2 N–H and O–H groups in total. The molecular formula is C22H25N3O5. The van der Waals surface area contributed by atoms with Gasteiger partial charge in [0.15, 0.2) is 5.58 Å². The van der Waals surface area contributed by atoms with Crippen LogP contribution in [0.2, 0.25) is 0 Å². The average molecular weight is 411 g/mol. The summed E-state index contributed by atoms with van der Waals surface area (Å²) in [6, 6.07) is 14.5. The van der Waals surface area contributed by atoms with Crippen LogP contribution in [-0.2, 0) is 11.8 Å². The highest BCUT2D eigenvalue weighted by molar-refractivity contribution is 5.94. The Hall–Kier alpha value is -3.10. The highest BCUT2D eigenvalue weighted by atomic mass is 16.5. The zero-order valence-corrected chi connectivity index (χ0v) is 17.0. The zero-order valence-electron chi connectivity index (χ0n) is 17.0. The van der Waals surface area contributed by atoms with Crippen molar-refractivity contribution in [1.29, 1.82) is 0 Å². The summed E-state index contributed by atoms with van der Waals surface area (Å²) in [6.07, 6.45) is 0.263. The minimum atomic E-state index is -1.08. The minimum Gasteiger partial charge on any atom is -0.487 e. The summed E-state index contributed by atoms with van der Waals surface area (Å²) in [5.74, 6) is 0.0686. The Bertz CT molecular complexity index is 1100. The number of rotatable bonds is 5. The summed E-state index contributed by atoms with van der Waals surface area (Å²) in [7, 11) is 1.63. The number of para-hydroxylation sites is 1. The van der Waals surface area contributed by atoms with E-state index in [0.717, 1.165) is 5.75 Å². The summed E-state index contributed by atoms with van der Waals surface area (Å²) in [6.45, 7) is 2.83. The third-order valence-electron chi connectivity index (χ3n) is 5.41. The summed E-state index contributed by atoms with van der Waals surface area (Å²) < 4.78 is 12.5. The molecule has 2 aromatic carbocycles. The van der Waals surface area contributed by atoms with Crippen molar-refractivity contribution >= 4 is 22.7 Å². The molecule has 1 amide bonds. The molecule has 4 rings (SSSR count). The van der Waals surface area contributed by atoms with Gasteiger partial charge in [0.1, 0.15) is 17.5 Å². The van der Waals surface area contributed by atoms with Gasteiger partial charge in [-0.2, -0.15) is 0 Å². The van der Waals surface area contributed by atoms with Crippen molar-refractivity contribution in [3.63, 3.8) is 0 Å². The number of hydrogen-bond acceptors (Lipinski definition) is 6. The summed E-state index contributed by atoms with van der Waals surface area (Å²) >= 11 is 0. The molecule has 0 bridgehead atoms. The highest BCUT2D eigenvalue weighted by Crippen LogP contribution is 2.26. The van der Waals surface area contributed by atoms with Crippen molar-refractivity contribution in [2.24, 2.45) is 7.05 Å². The first kappa shape index (κ1) is 20.2.